The fourth-order valence-electron chi connectivity index (χ4n) is 0.669. The number of nitrogens with two attached hydrogens (primary N) is 1. The van der Waals surface area contributed by atoms with E-state index < -0.39 is 0 Å². The summed E-state index contributed by atoms with van der Waals surface area (Å²) in [4.78, 5) is 0. The molecule has 0 aliphatic carbocycles. The zero-order valence-corrected chi connectivity index (χ0v) is 9.46. The molecule has 0 aromatic rings. The van der Waals surface area contributed by atoms with Crippen molar-refractivity contribution >= 4 is 9.19 Å². The molecule has 3 heteroatoms. The third-order valence-electron chi connectivity index (χ3n) is 1.32. The van der Waals surface area contributed by atoms with Crippen LogP contribution >= 0.6 is 9.19 Å². The van der Waals surface area contributed by atoms with Gasteiger partial charge < -0.3 is 0 Å². The molecule has 1 nitrogen and oxygen atoms in total. The van der Waals surface area contributed by atoms with E-state index in [2.05, 4.69) is 13.8 Å². The predicted molar refractivity (Wildman–Crippen MR) is 42.7 cm³/mol. The van der Waals surface area contributed by atoms with Gasteiger partial charge in [0.05, 0.1) is 0 Å². The molecular weight excluding hydrogens is 331 g/mol. The van der Waals surface area contributed by atoms with Crippen LogP contribution < -0.4 is 5.73 Å². The van der Waals surface area contributed by atoms with E-state index in [0.717, 1.165) is 17.0 Å². The van der Waals surface area contributed by atoms with E-state index in [-0.39, 0.29) is 18.7 Å². The molecule has 1 atom stereocenters. The van der Waals surface area contributed by atoms with Crippen LogP contribution in [-0.4, -0.2) is 6.04 Å². The first-order valence-electron chi connectivity index (χ1n) is 3.54. The molecule has 0 spiro atoms. The van der Waals surface area contributed by atoms with Crippen LogP contribution in [0.25, 0.3) is 0 Å². The van der Waals surface area contributed by atoms with Crippen molar-refractivity contribution in [1.29, 1.82) is 0 Å². The van der Waals surface area contributed by atoms with Crippen LogP contribution in [0.15, 0.2) is 0 Å². The topological polar surface area (TPSA) is 26.0 Å². The Balaban J connectivity index is 3.12. The molecule has 67 valence electrons. The molecule has 0 aliphatic heterocycles. The van der Waals surface area contributed by atoms with Gasteiger partial charge in [0.15, 0.2) is 0 Å². The second kappa shape index (κ2) is 6.69. The summed E-state index contributed by atoms with van der Waals surface area (Å²) in [6, 6.07) is 0.363. The molecule has 0 heterocycles. The third-order valence-corrected chi connectivity index (χ3v) is 3.55. The molecule has 0 aromatic carbocycles. The Morgan fingerprint density at radius 1 is 1.40 bits per heavy atom. The molecule has 0 amide bonds. The maximum atomic E-state index is 5.77. The van der Waals surface area contributed by atoms with E-state index in [9.17, 15) is 0 Å². The molecule has 0 fully saturated rings. The minimum absolute atomic E-state index is 0.0237. The Labute approximate surface area is 76.8 Å². The normalized spacial score (nSPS) is 14.5. The van der Waals surface area contributed by atoms with Crippen molar-refractivity contribution in [2.75, 3.05) is 0 Å². The first-order chi connectivity index (χ1) is 4.66. The second-order valence-electron chi connectivity index (χ2n) is 2.93. The van der Waals surface area contributed by atoms with E-state index in [1.807, 2.05) is 0 Å². The van der Waals surface area contributed by atoms with Gasteiger partial charge in [-0.15, -0.1) is 0 Å². The van der Waals surface area contributed by atoms with Crippen LogP contribution in [-0.2, 0) is 18.7 Å². The van der Waals surface area contributed by atoms with Gasteiger partial charge in [0.1, 0.15) is 0 Å². The van der Waals surface area contributed by atoms with Gasteiger partial charge in [-0.2, -0.15) is 0 Å². The molecule has 0 bridgehead atoms. The number of hydrogen-bond acceptors (Lipinski definition) is 1. The van der Waals surface area contributed by atoms with Crippen LogP contribution in [0.4, 0.5) is 0 Å². The molecule has 0 rings (SSSR count). The van der Waals surface area contributed by atoms with Gasteiger partial charge in [-0.25, -0.2) is 0 Å². The van der Waals surface area contributed by atoms with Crippen LogP contribution in [0.2, 0.25) is 4.64 Å². The van der Waals surface area contributed by atoms with Gasteiger partial charge >= 0.3 is 76.9 Å². The fourth-order valence-corrected chi connectivity index (χ4v) is 2.52. The van der Waals surface area contributed by atoms with Crippen LogP contribution in [0.5, 0.6) is 0 Å². The summed E-state index contributed by atoms with van der Waals surface area (Å²) in [5, 5.41) is 0. The summed E-state index contributed by atoms with van der Waals surface area (Å²) >= 11 is -0.0237. The maximum absolute atomic E-state index is 5.77. The summed E-state index contributed by atoms with van der Waals surface area (Å²) in [5.41, 5.74) is 5.77. The molecule has 2 N–H and O–H groups in total. The number of hydrogen-bond donors (Lipinski definition) is 1. The standard InChI is InChI=1S/C7H16N.Au.ClH/c1-6(2)4-5-7(3)8;;/h6-7H,3-5,8H2,1-2H3;;1H/q;+1;/p-1. The summed E-state index contributed by atoms with van der Waals surface area (Å²) in [6.07, 6.45) is 2.38. The molecule has 1 unspecified atom stereocenters. The van der Waals surface area contributed by atoms with Gasteiger partial charge in [-0.3, -0.25) is 0 Å². The van der Waals surface area contributed by atoms with Gasteiger partial charge in [-0.05, 0) is 0 Å². The first-order valence-corrected chi connectivity index (χ1v) is 7.76. The average molecular weight is 347 g/mol. The Morgan fingerprint density at radius 3 is 2.40 bits per heavy atom. The summed E-state index contributed by atoms with van der Waals surface area (Å²) < 4.78 is 1.05. The van der Waals surface area contributed by atoms with Gasteiger partial charge in [0.2, 0.25) is 0 Å². The van der Waals surface area contributed by atoms with E-state index in [0.29, 0.717) is 6.04 Å². The summed E-state index contributed by atoms with van der Waals surface area (Å²) in [5.74, 6) is 0.776. The minimum atomic E-state index is -0.0237. The van der Waals surface area contributed by atoms with E-state index >= 15 is 0 Å². The zero-order chi connectivity index (χ0) is 7.98. The Bertz CT molecular complexity index is 78.0. The molecule has 0 aromatic heterocycles. The third kappa shape index (κ3) is 7.10. The Hall–Kier alpha value is 0.990. The van der Waals surface area contributed by atoms with Gasteiger partial charge in [-0.1, -0.05) is 0 Å². The van der Waals surface area contributed by atoms with Crippen molar-refractivity contribution in [2.45, 2.75) is 37.4 Å². The fraction of sp³-hybridized carbons (Fsp3) is 1.00. The van der Waals surface area contributed by atoms with E-state index in [4.69, 9.17) is 14.9 Å². The van der Waals surface area contributed by atoms with Gasteiger partial charge in [0, 0.05) is 0 Å². The monoisotopic (exact) mass is 346 g/mol. The average Bonchev–Trinajstić information content (AvgIpc) is 1.85. The quantitative estimate of drug-likeness (QED) is 0.760. The van der Waals surface area contributed by atoms with E-state index in [1.54, 1.807) is 0 Å². The Kier molecular flexibility index (Phi) is 7.35. The van der Waals surface area contributed by atoms with Crippen molar-refractivity contribution < 1.29 is 18.7 Å². The predicted octanol–water partition coefficient (Wildman–Crippen LogP) is 2.40. The molecular formula is C7H16AuClN. The molecule has 10 heavy (non-hydrogen) atoms. The van der Waals surface area contributed by atoms with Crippen LogP contribution in [0.3, 0.4) is 0 Å². The van der Waals surface area contributed by atoms with Crippen LogP contribution in [0, 0.1) is 5.92 Å². The Morgan fingerprint density at radius 2 is 2.00 bits per heavy atom. The van der Waals surface area contributed by atoms with Crippen molar-refractivity contribution in [1.82, 2.24) is 0 Å². The number of halogens is 1. The summed E-state index contributed by atoms with van der Waals surface area (Å²) in [7, 11) is 5.63. The molecule has 0 aliphatic rings. The summed E-state index contributed by atoms with van der Waals surface area (Å²) in [6.45, 7) is 4.45. The van der Waals surface area contributed by atoms with Crippen LogP contribution in [0.1, 0.15) is 26.7 Å². The van der Waals surface area contributed by atoms with Crippen molar-refractivity contribution in [3.05, 3.63) is 0 Å². The molecule has 0 radical (unpaired) electrons. The SMILES string of the molecule is CC(C)CCC(N)[CH2][Au][Cl]. The van der Waals surface area contributed by atoms with Crippen molar-refractivity contribution in [3.8, 4) is 0 Å². The second-order valence-corrected chi connectivity index (χ2v) is 5.72. The first kappa shape index (κ1) is 11.0. The van der Waals surface area contributed by atoms with Gasteiger partial charge in [0.25, 0.3) is 0 Å². The number of rotatable bonds is 5. The zero-order valence-electron chi connectivity index (χ0n) is 6.53. The van der Waals surface area contributed by atoms with E-state index in [1.165, 1.54) is 6.42 Å². The van der Waals surface area contributed by atoms with Crippen molar-refractivity contribution in [3.63, 3.8) is 0 Å². The molecule has 0 saturated heterocycles. The molecule has 0 saturated carbocycles. The van der Waals surface area contributed by atoms with Crippen molar-refractivity contribution in [2.24, 2.45) is 11.7 Å².